The van der Waals surface area contributed by atoms with Gasteiger partial charge in [-0.3, -0.25) is 4.79 Å². The molecule has 0 aliphatic carbocycles. The highest BCUT2D eigenvalue weighted by molar-refractivity contribution is 7.99. The Bertz CT molecular complexity index is 914. The van der Waals surface area contributed by atoms with Crippen LogP contribution in [0.1, 0.15) is 11.3 Å². The number of thioether (sulfide) groups is 1. The first-order valence-corrected chi connectivity index (χ1v) is 9.51. The third-order valence-corrected chi connectivity index (χ3v) is 5.10. The summed E-state index contributed by atoms with van der Waals surface area (Å²) >= 11 is 7.87. The van der Waals surface area contributed by atoms with Crippen molar-refractivity contribution in [3.05, 3.63) is 76.8 Å². The first-order valence-electron chi connectivity index (χ1n) is 7.98. The van der Waals surface area contributed by atoms with Gasteiger partial charge in [0.15, 0.2) is 0 Å². The molecule has 1 heterocycles. The van der Waals surface area contributed by atoms with Gasteiger partial charge in [0.1, 0.15) is 11.0 Å². The quantitative estimate of drug-likeness (QED) is 0.655. The largest absolute Gasteiger partial charge is 0.323 e. The van der Waals surface area contributed by atoms with Crippen LogP contribution in [0.3, 0.4) is 0 Å². The van der Waals surface area contributed by atoms with E-state index < -0.39 is 5.82 Å². The van der Waals surface area contributed by atoms with Gasteiger partial charge in [0.05, 0.1) is 22.8 Å². The van der Waals surface area contributed by atoms with Gasteiger partial charge in [-0.1, -0.05) is 41.9 Å². The Morgan fingerprint density at radius 3 is 2.62 bits per heavy atom. The van der Waals surface area contributed by atoms with Gasteiger partial charge in [-0.05, 0) is 31.2 Å². The molecular weight excluding hydrogens is 373 g/mol. The van der Waals surface area contributed by atoms with E-state index in [2.05, 4.69) is 10.4 Å². The van der Waals surface area contributed by atoms with E-state index in [4.69, 9.17) is 11.6 Å². The van der Waals surface area contributed by atoms with Gasteiger partial charge < -0.3 is 5.32 Å². The van der Waals surface area contributed by atoms with Crippen molar-refractivity contribution in [3.63, 3.8) is 0 Å². The summed E-state index contributed by atoms with van der Waals surface area (Å²) in [5, 5.41) is 7.58. The van der Waals surface area contributed by atoms with E-state index in [0.717, 1.165) is 16.9 Å². The molecular formula is C19H17ClFN3OS. The minimum absolute atomic E-state index is 0.184. The van der Waals surface area contributed by atoms with E-state index in [9.17, 15) is 9.18 Å². The van der Waals surface area contributed by atoms with Gasteiger partial charge in [0, 0.05) is 11.3 Å². The number of para-hydroxylation sites is 2. The molecule has 2 aromatic carbocycles. The van der Waals surface area contributed by atoms with E-state index in [1.807, 2.05) is 37.3 Å². The lowest BCUT2D eigenvalue weighted by Crippen LogP contribution is -2.15. The average Bonchev–Trinajstić information content (AvgIpc) is 2.92. The molecule has 134 valence electrons. The number of anilines is 1. The van der Waals surface area contributed by atoms with Gasteiger partial charge in [-0.25, -0.2) is 9.07 Å². The maximum Gasteiger partial charge on any atom is 0.234 e. The summed E-state index contributed by atoms with van der Waals surface area (Å²) in [5.74, 6) is 0.0289. The number of benzene rings is 2. The highest BCUT2D eigenvalue weighted by atomic mass is 35.5. The number of aryl methyl sites for hydroxylation is 1. The Kier molecular flexibility index (Phi) is 5.96. The highest BCUT2D eigenvalue weighted by Gasteiger charge is 2.15. The number of nitrogens with one attached hydrogen (secondary N) is 1. The van der Waals surface area contributed by atoms with Crippen LogP contribution in [0.25, 0.3) is 5.69 Å². The van der Waals surface area contributed by atoms with Crippen molar-refractivity contribution in [3.8, 4) is 5.69 Å². The standard InChI is InChI=1S/C19H17ClFN3OS/c1-13-15(19(20)24(23-13)14-7-3-2-4-8-14)11-26-12-18(25)22-17-10-6-5-9-16(17)21/h2-10H,11-12H2,1H3,(H,22,25). The van der Waals surface area contributed by atoms with E-state index in [0.29, 0.717) is 10.9 Å². The zero-order valence-electron chi connectivity index (χ0n) is 14.1. The molecule has 1 amide bonds. The van der Waals surface area contributed by atoms with Crippen LogP contribution in [0.2, 0.25) is 5.15 Å². The lowest BCUT2D eigenvalue weighted by molar-refractivity contribution is -0.113. The highest BCUT2D eigenvalue weighted by Crippen LogP contribution is 2.27. The van der Waals surface area contributed by atoms with E-state index in [1.165, 1.54) is 23.9 Å². The lowest BCUT2D eigenvalue weighted by atomic mass is 10.3. The molecule has 0 aliphatic heterocycles. The van der Waals surface area contributed by atoms with Crippen LogP contribution in [-0.2, 0) is 10.5 Å². The summed E-state index contributed by atoms with van der Waals surface area (Å²) < 4.78 is 15.2. The molecule has 4 nitrogen and oxygen atoms in total. The van der Waals surface area contributed by atoms with E-state index in [1.54, 1.807) is 16.8 Å². The van der Waals surface area contributed by atoms with Gasteiger partial charge in [-0.15, -0.1) is 11.8 Å². The number of rotatable bonds is 6. The normalized spacial score (nSPS) is 10.7. The van der Waals surface area contributed by atoms with Crippen LogP contribution in [0.15, 0.2) is 54.6 Å². The molecule has 0 atom stereocenters. The number of halogens is 2. The SMILES string of the molecule is Cc1nn(-c2ccccc2)c(Cl)c1CSCC(=O)Nc1ccccc1F. The van der Waals surface area contributed by atoms with Crippen molar-refractivity contribution in [2.45, 2.75) is 12.7 Å². The number of carbonyl (C=O) groups is 1. The number of hydrogen-bond donors (Lipinski definition) is 1. The summed E-state index contributed by atoms with van der Waals surface area (Å²) in [6.45, 7) is 1.89. The third kappa shape index (κ3) is 4.26. The van der Waals surface area contributed by atoms with Crippen LogP contribution in [0.5, 0.6) is 0 Å². The third-order valence-electron chi connectivity index (χ3n) is 3.75. The lowest BCUT2D eigenvalue weighted by Gasteiger charge is -2.06. The molecule has 0 bridgehead atoms. The van der Waals surface area contributed by atoms with Crippen LogP contribution < -0.4 is 5.32 Å². The zero-order valence-corrected chi connectivity index (χ0v) is 15.6. The monoisotopic (exact) mass is 389 g/mol. The van der Waals surface area contributed by atoms with Crippen molar-refractivity contribution in [1.82, 2.24) is 9.78 Å². The fraction of sp³-hybridized carbons (Fsp3) is 0.158. The fourth-order valence-electron chi connectivity index (χ4n) is 2.43. The molecule has 3 rings (SSSR count). The first-order chi connectivity index (χ1) is 12.6. The minimum Gasteiger partial charge on any atom is -0.323 e. The van der Waals surface area contributed by atoms with Crippen molar-refractivity contribution in [1.29, 1.82) is 0 Å². The molecule has 0 saturated heterocycles. The molecule has 3 aromatic rings. The van der Waals surface area contributed by atoms with Gasteiger partial charge >= 0.3 is 0 Å². The second-order valence-corrected chi connectivity index (χ2v) is 6.97. The number of nitrogens with zero attached hydrogens (tertiary/aromatic N) is 2. The average molecular weight is 390 g/mol. The maximum atomic E-state index is 13.6. The number of carbonyl (C=O) groups excluding carboxylic acids is 1. The van der Waals surface area contributed by atoms with E-state index in [-0.39, 0.29) is 17.3 Å². The first kappa shape index (κ1) is 18.5. The molecule has 26 heavy (non-hydrogen) atoms. The van der Waals surface area contributed by atoms with Crippen molar-refractivity contribution in [2.24, 2.45) is 0 Å². The predicted octanol–water partition coefficient (Wildman–Crippen LogP) is 4.85. The Morgan fingerprint density at radius 1 is 1.19 bits per heavy atom. The molecule has 0 saturated carbocycles. The second-order valence-electron chi connectivity index (χ2n) is 5.62. The Morgan fingerprint density at radius 2 is 1.88 bits per heavy atom. The molecule has 0 aliphatic rings. The summed E-state index contributed by atoms with van der Waals surface area (Å²) in [6, 6.07) is 15.7. The fourth-order valence-corrected chi connectivity index (χ4v) is 3.76. The van der Waals surface area contributed by atoms with Crippen LogP contribution in [0, 0.1) is 12.7 Å². The summed E-state index contributed by atoms with van der Waals surface area (Å²) in [7, 11) is 0. The Balaban J connectivity index is 1.61. The van der Waals surface area contributed by atoms with Crippen LogP contribution in [0.4, 0.5) is 10.1 Å². The predicted molar refractivity (Wildman–Crippen MR) is 105 cm³/mol. The van der Waals surface area contributed by atoms with Gasteiger partial charge in [0.25, 0.3) is 0 Å². The van der Waals surface area contributed by atoms with Crippen molar-refractivity contribution >= 4 is 35.0 Å². The minimum atomic E-state index is -0.450. The molecule has 7 heteroatoms. The molecule has 0 fully saturated rings. The second kappa shape index (κ2) is 8.38. The Hall–Kier alpha value is -2.31. The number of aromatic nitrogens is 2. The maximum absolute atomic E-state index is 13.6. The summed E-state index contributed by atoms with van der Waals surface area (Å²) in [4.78, 5) is 12.0. The van der Waals surface area contributed by atoms with Crippen molar-refractivity contribution < 1.29 is 9.18 Å². The zero-order chi connectivity index (χ0) is 18.5. The number of amides is 1. The van der Waals surface area contributed by atoms with Crippen molar-refractivity contribution in [2.75, 3.05) is 11.1 Å². The molecule has 0 unspecified atom stereocenters. The molecule has 1 N–H and O–H groups in total. The topological polar surface area (TPSA) is 46.9 Å². The molecule has 0 spiro atoms. The van der Waals surface area contributed by atoms with E-state index >= 15 is 0 Å². The smallest absolute Gasteiger partial charge is 0.234 e. The molecule has 1 aromatic heterocycles. The summed E-state index contributed by atoms with van der Waals surface area (Å²) in [5.41, 5.74) is 2.78. The van der Waals surface area contributed by atoms with Crippen LogP contribution in [-0.4, -0.2) is 21.4 Å². The van der Waals surface area contributed by atoms with Gasteiger partial charge in [-0.2, -0.15) is 5.10 Å². The molecule has 0 radical (unpaired) electrons. The van der Waals surface area contributed by atoms with Gasteiger partial charge in [0.2, 0.25) is 5.91 Å². The number of hydrogen-bond acceptors (Lipinski definition) is 3. The van der Waals surface area contributed by atoms with Crippen LogP contribution >= 0.6 is 23.4 Å². The summed E-state index contributed by atoms with van der Waals surface area (Å²) in [6.07, 6.45) is 0. The Labute approximate surface area is 160 Å².